The van der Waals surface area contributed by atoms with Crippen LogP contribution in [0.2, 0.25) is 0 Å². The molecule has 2 amide bonds. The van der Waals surface area contributed by atoms with Crippen molar-refractivity contribution in [1.82, 2.24) is 29.7 Å². The van der Waals surface area contributed by atoms with Crippen molar-refractivity contribution in [2.45, 2.75) is 103 Å². The quantitative estimate of drug-likeness (QED) is 0.150. The molecule has 4 atom stereocenters. The molecule has 2 N–H and O–H groups in total. The van der Waals surface area contributed by atoms with Gasteiger partial charge in [0.25, 0.3) is 10.1 Å². The first-order chi connectivity index (χ1) is 25.2. The lowest BCUT2D eigenvalue weighted by molar-refractivity contribution is 0.171. The van der Waals surface area contributed by atoms with Crippen LogP contribution in [0.3, 0.4) is 0 Å². The molecule has 1 aliphatic heterocycles. The van der Waals surface area contributed by atoms with Gasteiger partial charge in [-0.25, -0.2) is 9.48 Å². The molecule has 7 rings (SSSR count). The van der Waals surface area contributed by atoms with Gasteiger partial charge in [-0.15, -0.1) is 10.2 Å². The lowest BCUT2D eigenvalue weighted by Crippen LogP contribution is -2.44. The Labute approximate surface area is 310 Å². The van der Waals surface area contributed by atoms with Crippen LogP contribution in [0.15, 0.2) is 72.9 Å². The summed E-state index contributed by atoms with van der Waals surface area (Å²) in [5.74, 6) is 2.06. The number of aromatic nitrogens is 5. The minimum Gasteiger partial charge on any atom is -0.484 e. The van der Waals surface area contributed by atoms with E-state index in [-0.39, 0.29) is 30.2 Å². The highest BCUT2D eigenvalue weighted by molar-refractivity contribution is 7.85. The number of nitrogens with one attached hydrogen (secondary N) is 2. The van der Waals surface area contributed by atoms with E-state index in [1.54, 1.807) is 22.9 Å². The van der Waals surface area contributed by atoms with E-state index >= 15 is 0 Å². The molecule has 0 spiro atoms. The molecule has 53 heavy (non-hydrogen) atoms. The summed E-state index contributed by atoms with van der Waals surface area (Å²) in [4.78, 5) is 16.1. The van der Waals surface area contributed by atoms with Gasteiger partial charge in [0, 0.05) is 23.6 Å². The third-order valence-corrected chi connectivity index (χ3v) is 10.7. The van der Waals surface area contributed by atoms with Crippen molar-refractivity contribution < 1.29 is 22.1 Å². The average molecular weight is 741 g/mol. The second-order valence-corrected chi connectivity index (χ2v) is 16.9. The topological polar surface area (TPSA) is 145 Å². The summed E-state index contributed by atoms with van der Waals surface area (Å²) >= 11 is 0. The van der Waals surface area contributed by atoms with Crippen molar-refractivity contribution in [2.24, 2.45) is 0 Å². The number of hydrogen-bond acceptors (Lipinski definition) is 9. The van der Waals surface area contributed by atoms with Crippen molar-refractivity contribution in [3.63, 3.8) is 0 Å². The molecule has 13 nitrogen and oxygen atoms in total. The van der Waals surface area contributed by atoms with Crippen LogP contribution in [0, 0.1) is 0 Å². The Kier molecular flexibility index (Phi) is 9.94. The number of hydrogen-bond donors (Lipinski definition) is 2. The van der Waals surface area contributed by atoms with E-state index in [2.05, 4.69) is 66.4 Å². The lowest BCUT2D eigenvalue weighted by atomic mass is 9.85. The average Bonchev–Trinajstić information content (AvgIpc) is 3.73. The third kappa shape index (κ3) is 8.03. The summed E-state index contributed by atoms with van der Waals surface area (Å²) in [6, 6.07) is 21.2. The van der Waals surface area contributed by atoms with Gasteiger partial charge in [-0.3, -0.25) is 13.9 Å². The first-order valence-electron chi connectivity index (χ1n) is 18.2. The highest BCUT2D eigenvalue weighted by atomic mass is 32.2. The van der Waals surface area contributed by atoms with Crippen molar-refractivity contribution in [3.8, 4) is 11.4 Å². The fourth-order valence-corrected chi connectivity index (χ4v) is 7.75. The summed E-state index contributed by atoms with van der Waals surface area (Å²) in [6.07, 6.45) is 7.65. The Morgan fingerprint density at radius 1 is 0.925 bits per heavy atom. The van der Waals surface area contributed by atoms with Gasteiger partial charge in [-0.2, -0.15) is 13.5 Å². The first kappa shape index (κ1) is 36.4. The third-order valence-electron chi connectivity index (χ3n) is 10.1. The maximum atomic E-state index is 13.7. The molecular formula is C39H48N8O5S. The molecule has 0 bridgehead atoms. The zero-order chi connectivity index (χ0) is 37.5. The van der Waals surface area contributed by atoms with Crippen molar-refractivity contribution in [2.75, 3.05) is 16.5 Å². The lowest BCUT2D eigenvalue weighted by Gasteiger charge is -2.39. The number of urea groups is 1. The molecule has 2 aromatic carbocycles. The minimum atomic E-state index is -3.61. The number of anilines is 2. The number of piperidine rings is 1. The van der Waals surface area contributed by atoms with Gasteiger partial charge in [0.1, 0.15) is 17.7 Å². The number of carbonyl (C=O) groups excluding carboxylic acids is 1. The number of nitrogens with zero attached hydrogens (tertiary/aromatic N) is 6. The van der Waals surface area contributed by atoms with Crippen LogP contribution in [-0.4, -0.2) is 57.2 Å². The van der Waals surface area contributed by atoms with E-state index in [0.29, 0.717) is 42.0 Å². The van der Waals surface area contributed by atoms with E-state index in [1.807, 2.05) is 53.1 Å². The van der Waals surface area contributed by atoms with E-state index in [1.165, 1.54) is 6.42 Å². The van der Waals surface area contributed by atoms with Gasteiger partial charge in [-0.1, -0.05) is 57.2 Å². The second kappa shape index (κ2) is 14.5. The Morgan fingerprint density at radius 2 is 1.68 bits per heavy atom. The van der Waals surface area contributed by atoms with Crippen molar-refractivity contribution in [3.05, 3.63) is 95.3 Å². The maximum Gasteiger partial charge on any atom is 0.320 e. The molecule has 2 aliphatic rings. The zero-order valence-electron chi connectivity index (χ0n) is 31.1. The molecule has 1 saturated heterocycles. The Morgan fingerprint density at radius 3 is 2.42 bits per heavy atom. The van der Waals surface area contributed by atoms with Gasteiger partial charge in [0.2, 0.25) is 5.95 Å². The molecule has 0 unspecified atom stereocenters. The van der Waals surface area contributed by atoms with Crippen molar-refractivity contribution >= 4 is 33.6 Å². The van der Waals surface area contributed by atoms with E-state index in [4.69, 9.17) is 14.0 Å². The molecule has 280 valence electrons. The molecule has 1 fully saturated rings. The standard InChI is InChI=1S/C39H48N8O5S/c1-25-11-9-12-26(2)46(25)38-43-42-35-20-17-29(23-45(35)38)52-33-19-18-32(30-15-7-8-16-31(30)33)40-37(48)41-36-22-34(39(3,4)5)44-47(36)28-14-10-13-27(21-28)24-51-53(6,49)50/h7-8,10,13-17,20-23,25-26,32-33H,9,11-12,18-19,24H2,1-6H3,(H2,40,41,48)/t25-,26+,32-,33+/m0/s1. The number of ether oxygens (including phenoxy) is 1. The molecule has 3 aromatic heterocycles. The van der Waals surface area contributed by atoms with E-state index < -0.39 is 10.1 Å². The summed E-state index contributed by atoms with van der Waals surface area (Å²) in [5, 5.41) is 20.1. The first-order valence-corrected chi connectivity index (χ1v) is 20.1. The van der Waals surface area contributed by atoms with Gasteiger partial charge >= 0.3 is 6.03 Å². The minimum absolute atomic E-state index is 0.108. The Bertz CT molecular complexity index is 2220. The molecule has 5 aromatic rings. The van der Waals surface area contributed by atoms with Crippen LogP contribution in [0.4, 0.5) is 16.6 Å². The fraction of sp³-hybridized carbons (Fsp3) is 0.436. The fourth-order valence-electron chi connectivity index (χ4n) is 7.40. The molecule has 4 heterocycles. The Balaban J connectivity index is 1.09. The number of carbonyl (C=O) groups is 1. The summed E-state index contributed by atoms with van der Waals surface area (Å²) in [6.45, 7) is 10.5. The SMILES string of the molecule is C[C@@H]1CCC[C@H](C)N1c1nnc2ccc(O[C@@H]3CC[C@H](NC(=O)Nc4cc(C(C)(C)C)nn4-c4cccc(COS(C)(=O)=O)c4)c4ccccc43)cn12. The maximum absolute atomic E-state index is 13.7. The molecule has 1 aliphatic carbocycles. The smallest absolute Gasteiger partial charge is 0.320 e. The summed E-state index contributed by atoms with van der Waals surface area (Å²) in [5.41, 5.74) is 4.61. The summed E-state index contributed by atoms with van der Waals surface area (Å²) in [7, 11) is -3.61. The predicted octanol–water partition coefficient (Wildman–Crippen LogP) is 7.23. The Hall–Kier alpha value is -4.95. The van der Waals surface area contributed by atoms with Gasteiger partial charge in [0.05, 0.1) is 36.5 Å². The number of amides is 2. The number of fused-ring (bicyclic) bond motifs is 2. The monoisotopic (exact) mass is 740 g/mol. The molecule has 0 radical (unpaired) electrons. The molecular weight excluding hydrogens is 693 g/mol. The van der Waals surface area contributed by atoms with Crippen molar-refractivity contribution in [1.29, 1.82) is 0 Å². The highest BCUT2D eigenvalue weighted by Gasteiger charge is 2.31. The number of benzene rings is 2. The van der Waals surface area contributed by atoms with Crippen LogP contribution >= 0.6 is 0 Å². The summed E-state index contributed by atoms with van der Waals surface area (Å²) < 4.78 is 38.6. The van der Waals surface area contributed by atoms with Crippen LogP contribution < -0.4 is 20.3 Å². The highest BCUT2D eigenvalue weighted by Crippen LogP contribution is 2.39. The van der Waals surface area contributed by atoms with Gasteiger partial charge < -0.3 is 15.0 Å². The van der Waals surface area contributed by atoms with E-state index in [9.17, 15) is 13.2 Å². The number of rotatable bonds is 9. The molecule has 0 saturated carbocycles. The van der Waals surface area contributed by atoms with Crippen LogP contribution in [0.1, 0.15) is 101 Å². The van der Waals surface area contributed by atoms with Crippen LogP contribution in [0.5, 0.6) is 5.75 Å². The molecule has 14 heteroatoms. The zero-order valence-corrected chi connectivity index (χ0v) is 31.9. The van der Waals surface area contributed by atoms with Crippen LogP contribution in [0.25, 0.3) is 11.3 Å². The predicted molar refractivity (Wildman–Crippen MR) is 204 cm³/mol. The van der Waals surface area contributed by atoms with Crippen LogP contribution in [-0.2, 0) is 26.3 Å². The largest absolute Gasteiger partial charge is 0.484 e. The number of pyridine rings is 1. The second-order valence-electron chi connectivity index (χ2n) is 15.3. The van der Waals surface area contributed by atoms with Gasteiger partial charge in [-0.05, 0) is 86.9 Å². The van der Waals surface area contributed by atoms with Gasteiger partial charge in [0.15, 0.2) is 5.65 Å². The van der Waals surface area contributed by atoms with E-state index in [0.717, 1.165) is 53.3 Å². The normalized spacial score (nSPS) is 20.6.